The van der Waals surface area contributed by atoms with Gasteiger partial charge in [0.2, 0.25) is 0 Å². The summed E-state index contributed by atoms with van der Waals surface area (Å²) in [6.07, 6.45) is 2.73. The molecule has 0 aromatic heterocycles. The molecule has 286 valence electrons. The predicted octanol–water partition coefficient (Wildman–Crippen LogP) is 9.20. The van der Waals surface area contributed by atoms with Crippen molar-refractivity contribution in [1.29, 1.82) is 10.5 Å². The number of hydrogen-bond acceptors (Lipinski definition) is 7. The molecule has 2 aliphatic heterocycles. The molecule has 0 spiro atoms. The van der Waals surface area contributed by atoms with Crippen LogP contribution in [-0.4, -0.2) is 51.3 Å². The molecule has 56 heavy (non-hydrogen) atoms. The van der Waals surface area contributed by atoms with Crippen LogP contribution in [0.2, 0.25) is 0 Å². The van der Waals surface area contributed by atoms with Crippen LogP contribution in [0, 0.1) is 46.1 Å². The third-order valence-electron chi connectivity index (χ3n) is 10.4. The molecule has 2 unspecified atom stereocenters. The molecule has 2 N–H and O–H groups in total. The van der Waals surface area contributed by atoms with E-state index in [1.165, 1.54) is 48.5 Å². The van der Waals surface area contributed by atoms with Crippen molar-refractivity contribution in [2.24, 2.45) is 11.8 Å². The first-order chi connectivity index (χ1) is 26.9. The Bertz CT molecular complexity index is 2460. The van der Waals surface area contributed by atoms with Crippen LogP contribution in [0.5, 0.6) is 11.5 Å². The molecule has 2 saturated heterocycles. The number of nitrogens with zero attached hydrogens (tertiary/aromatic N) is 2. The molecular weight excluding hydrogens is 739 g/mol. The highest BCUT2D eigenvalue weighted by Crippen LogP contribution is 2.38. The molecule has 0 radical (unpaired) electrons. The van der Waals surface area contributed by atoms with E-state index >= 15 is 0 Å². The van der Waals surface area contributed by atoms with Gasteiger partial charge in [0.15, 0.2) is 5.78 Å². The maximum absolute atomic E-state index is 14.9. The number of nitriles is 2. The van der Waals surface area contributed by atoms with Gasteiger partial charge in [-0.25, -0.2) is 13.0 Å². The van der Waals surface area contributed by atoms with E-state index in [4.69, 9.17) is 14.2 Å². The van der Waals surface area contributed by atoms with Crippen molar-refractivity contribution in [1.82, 2.24) is 0 Å². The van der Waals surface area contributed by atoms with Crippen molar-refractivity contribution < 1.29 is 41.1 Å². The number of benzene rings is 5. The first-order valence-electron chi connectivity index (χ1n) is 18.2. The van der Waals surface area contributed by atoms with E-state index < -0.39 is 27.0 Å². The normalized spacial score (nSPS) is 17.4. The van der Waals surface area contributed by atoms with E-state index in [0.717, 1.165) is 18.9 Å². The van der Waals surface area contributed by atoms with Crippen LogP contribution in [0.1, 0.15) is 51.9 Å². The first kappa shape index (κ1) is 38.7. The average molecular weight is 777 g/mol. The summed E-state index contributed by atoms with van der Waals surface area (Å²) < 4.78 is 81.8. The lowest BCUT2D eigenvalue weighted by Gasteiger charge is -2.33. The van der Waals surface area contributed by atoms with Gasteiger partial charge in [-0.2, -0.15) is 10.5 Å². The number of aryl methyl sites for hydroxylation is 1. The maximum atomic E-state index is 14.9. The molecule has 0 bridgehead atoms. The number of ether oxygens (including phenoxy) is 3. The van der Waals surface area contributed by atoms with Crippen LogP contribution in [0.3, 0.4) is 0 Å². The third-order valence-corrected chi connectivity index (χ3v) is 12.7. The van der Waals surface area contributed by atoms with Gasteiger partial charge in [-0.15, -0.1) is 0 Å². The Morgan fingerprint density at radius 2 is 1.43 bits per heavy atom. The predicted molar refractivity (Wildman–Crippen MR) is 206 cm³/mol. The van der Waals surface area contributed by atoms with E-state index in [1.807, 2.05) is 12.1 Å². The number of hydrogen-bond donors (Lipinski definition) is 2. The SMILES string of the molecule is N#Cc1c(F)cccc1-c1ccc(-c2cccc(F)c2C#N)c(C(=O)c2ccc(Oc3ccc(S(=O)(O)(O)CC4CCOC4)cc3)c(CCC3CCOC3)c2)c1. The molecule has 2 heterocycles. The van der Waals surface area contributed by atoms with Crippen molar-refractivity contribution in [2.45, 2.75) is 30.6 Å². The van der Waals surface area contributed by atoms with Crippen molar-refractivity contribution in [3.05, 3.63) is 137 Å². The van der Waals surface area contributed by atoms with Crippen LogP contribution >= 0.6 is 0 Å². The van der Waals surface area contributed by atoms with Crippen LogP contribution in [0.25, 0.3) is 22.3 Å². The Labute approximate surface area is 323 Å². The minimum atomic E-state index is -5.13. The lowest BCUT2D eigenvalue weighted by molar-refractivity contribution is 0.103. The van der Waals surface area contributed by atoms with Crippen LogP contribution in [0.15, 0.2) is 102 Å². The van der Waals surface area contributed by atoms with Crippen molar-refractivity contribution >= 4 is 15.4 Å². The summed E-state index contributed by atoms with van der Waals surface area (Å²) >= 11 is 0. The molecule has 0 amide bonds. The molecule has 5 aromatic carbocycles. The Morgan fingerprint density at radius 3 is 2.07 bits per heavy atom. The van der Waals surface area contributed by atoms with Crippen LogP contribution in [-0.2, 0) is 25.5 Å². The maximum Gasteiger partial charge on any atom is 0.193 e. The van der Waals surface area contributed by atoms with E-state index in [2.05, 4.69) is 0 Å². The monoisotopic (exact) mass is 776 g/mol. The lowest BCUT2D eigenvalue weighted by atomic mass is 9.87. The molecule has 0 aliphatic carbocycles. The minimum Gasteiger partial charge on any atom is -0.457 e. The second-order valence-corrected chi connectivity index (χ2v) is 17.1. The zero-order valence-corrected chi connectivity index (χ0v) is 31.1. The highest BCUT2D eigenvalue weighted by Gasteiger charge is 2.37. The molecule has 2 atom stereocenters. The molecule has 9 nitrogen and oxygen atoms in total. The van der Waals surface area contributed by atoms with Crippen LogP contribution in [0.4, 0.5) is 8.78 Å². The fourth-order valence-corrected chi connectivity index (χ4v) is 9.35. The Hall–Kier alpha value is -5.60. The van der Waals surface area contributed by atoms with Gasteiger partial charge in [-0.1, -0.05) is 36.4 Å². The molecule has 12 heteroatoms. The summed E-state index contributed by atoms with van der Waals surface area (Å²) in [4.78, 5) is 14.5. The fourth-order valence-electron chi connectivity index (χ4n) is 7.36. The minimum absolute atomic E-state index is 0.104. The molecular formula is C44H38F2N2O7S. The zero-order chi connectivity index (χ0) is 39.5. The molecule has 5 aromatic rings. The Balaban J connectivity index is 1.27. The van der Waals surface area contributed by atoms with Gasteiger partial charge in [0, 0.05) is 42.1 Å². The summed E-state index contributed by atoms with van der Waals surface area (Å²) in [6, 6.07) is 27.5. The fraction of sp³-hybridized carbons (Fsp3) is 0.250. The summed E-state index contributed by atoms with van der Waals surface area (Å²) in [7, 11) is -5.13. The summed E-state index contributed by atoms with van der Waals surface area (Å²) in [5, 5.41) is 19.6. The van der Waals surface area contributed by atoms with Gasteiger partial charge in [-0.05, 0) is 115 Å². The second kappa shape index (κ2) is 15.9. The largest absolute Gasteiger partial charge is 0.457 e. The molecule has 2 fully saturated rings. The third kappa shape index (κ3) is 8.17. The Kier molecular flexibility index (Phi) is 11.0. The quantitative estimate of drug-likeness (QED) is 0.118. The standard InChI is InChI=1S/C44H38F2N2O7S/c45-41-5-1-3-35(39(41)23-47)30-9-15-37(36-4-2-6-42(46)40(36)24-48)38(22-30)44(49)32-10-16-43(31(21-32)8-7-28-17-19-53-25-28)55-33-11-13-34(14-12-33)56(50,51,52)27-29-18-20-54-26-29/h1-6,9-16,21-22,28-29H,7-8,17-20,25-27H2,(H2,50,51,52). The molecule has 2 aliphatic rings. The summed E-state index contributed by atoms with van der Waals surface area (Å²) in [5.74, 6) is -1.45. The number of halogens is 2. The van der Waals surface area contributed by atoms with Gasteiger partial charge in [0.1, 0.15) is 44.9 Å². The number of rotatable bonds is 12. The number of carbonyl (C=O) groups excluding carboxylic acids is 1. The van der Waals surface area contributed by atoms with E-state index in [0.29, 0.717) is 67.8 Å². The van der Waals surface area contributed by atoms with Gasteiger partial charge in [0.05, 0.1) is 28.4 Å². The Morgan fingerprint density at radius 1 is 0.786 bits per heavy atom. The van der Waals surface area contributed by atoms with E-state index in [-0.39, 0.29) is 55.5 Å². The highest BCUT2D eigenvalue weighted by molar-refractivity contribution is 8.10. The number of carbonyl (C=O) groups is 1. The van der Waals surface area contributed by atoms with Crippen molar-refractivity contribution in [2.75, 3.05) is 32.2 Å². The van der Waals surface area contributed by atoms with E-state index in [9.17, 15) is 37.4 Å². The van der Waals surface area contributed by atoms with Gasteiger partial charge in [0.25, 0.3) is 0 Å². The number of ketones is 1. The lowest BCUT2D eigenvalue weighted by Crippen LogP contribution is -2.38. The second-order valence-electron chi connectivity index (χ2n) is 14.2. The zero-order valence-electron chi connectivity index (χ0n) is 30.3. The first-order valence-corrected chi connectivity index (χ1v) is 20.3. The summed E-state index contributed by atoms with van der Waals surface area (Å²) in [5.41, 5.74) is 1.72. The highest BCUT2D eigenvalue weighted by atomic mass is 32.3. The van der Waals surface area contributed by atoms with Gasteiger partial charge in [-0.3, -0.25) is 4.79 Å². The van der Waals surface area contributed by atoms with Crippen LogP contribution < -0.4 is 4.74 Å². The molecule has 0 saturated carbocycles. The smallest absolute Gasteiger partial charge is 0.193 e. The average Bonchev–Trinajstić information content (AvgIpc) is 3.91. The van der Waals surface area contributed by atoms with Gasteiger partial charge >= 0.3 is 0 Å². The molecule has 7 rings (SSSR count). The van der Waals surface area contributed by atoms with Gasteiger partial charge < -0.3 is 23.3 Å². The van der Waals surface area contributed by atoms with Crippen molar-refractivity contribution in [3.63, 3.8) is 0 Å². The van der Waals surface area contributed by atoms with E-state index in [1.54, 1.807) is 42.5 Å². The topological polar surface area (TPSA) is 150 Å². The van der Waals surface area contributed by atoms with Crippen molar-refractivity contribution in [3.8, 4) is 45.9 Å². The summed E-state index contributed by atoms with van der Waals surface area (Å²) in [6.45, 7) is 2.05.